The van der Waals surface area contributed by atoms with Gasteiger partial charge in [0.15, 0.2) is 0 Å². The third kappa shape index (κ3) is 54.2. The Morgan fingerprint density at radius 3 is 0.897 bits per heavy atom. The summed E-state index contributed by atoms with van der Waals surface area (Å²) in [5.41, 5.74) is 0. The van der Waals surface area contributed by atoms with Crippen molar-refractivity contribution in [1.82, 2.24) is 5.32 Å². The number of hydrogen-bond acceptors (Lipinski definition) is 5. The minimum absolute atomic E-state index is 0.0195. The molecular formula is C62H123NO5. The molecule has 0 aromatic heterocycles. The number of rotatable bonds is 59. The summed E-state index contributed by atoms with van der Waals surface area (Å²) in [6.07, 6.45) is 68.4. The quantitative estimate of drug-likeness (QED) is 0.0417. The number of aliphatic hydroxyl groups excluding tert-OH is 2. The first-order chi connectivity index (χ1) is 33.5. The van der Waals surface area contributed by atoms with Gasteiger partial charge in [0.05, 0.1) is 25.4 Å². The first-order valence-corrected chi connectivity index (χ1v) is 31.3. The Morgan fingerprint density at radius 1 is 0.353 bits per heavy atom. The zero-order chi connectivity index (χ0) is 49.3. The maximum atomic E-state index is 12.5. The van der Waals surface area contributed by atoms with E-state index in [-0.39, 0.29) is 18.5 Å². The van der Waals surface area contributed by atoms with Gasteiger partial charge in [-0.25, -0.2) is 0 Å². The molecule has 3 N–H and O–H groups in total. The second kappa shape index (κ2) is 58.4. The molecule has 0 saturated heterocycles. The van der Waals surface area contributed by atoms with E-state index >= 15 is 0 Å². The molecule has 0 radical (unpaired) electrons. The molecule has 0 heterocycles. The van der Waals surface area contributed by atoms with Crippen LogP contribution in [0, 0.1) is 0 Å². The summed E-state index contributed by atoms with van der Waals surface area (Å²) in [5, 5.41) is 23.2. The molecule has 0 fully saturated rings. The average Bonchev–Trinajstić information content (AvgIpc) is 3.34. The zero-order valence-corrected chi connectivity index (χ0v) is 46.4. The van der Waals surface area contributed by atoms with Crippen LogP contribution in [0.1, 0.15) is 361 Å². The molecule has 2 atom stereocenters. The Kier molecular flexibility index (Phi) is 57.5. The van der Waals surface area contributed by atoms with Gasteiger partial charge in [-0.05, 0) is 25.7 Å². The van der Waals surface area contributed by atoms with Crippen molar-refractivity contribution in [3.05, 3.63) is 0 Å². The molecule has 6 nitrogen and oxygen atoms in total. The SMILES string of the molecule is CCCCCCCCCCCCCCC(=O)OCCCCCCCCCCCCCCCCCCCCCCCCCCCCCC(=O)NC(CO)C(O)CCCCCCCCCCCCCC. The van der Waals surface area contributed by atoms with Gasteiger partial charge in [-0.2, -0.15) is 0 Å². The van der Waals surface area contributed by atoms with Crippen LogP contribution < -0.4 is 5.32 Å². The van der Waals surface area contributed by atoms with Gasteiger partial charge >= 0.3 is 5.97 Å². The van der Waals surface area contributed by atoms with E-state index in [0.717, 1.165) is 38.5 Å². The fourth-order valence-electron chi connectivity index (χ4n) is 10.1. The lowest BCUT2D eigenvalue weighted by Crippen LogP contribution is -2.45. The van der Waals surface area contributed by atoms with Crippen LogP contribution in [0.4, 0.5) is 0 Å². The molecule has 2 unspecified atom stereocenters. The van der Waals surface area contributed by atoms with E-state index in [9.17, 15) is 19.8 Å². The molecule has 1 amide bonds. The van der Waals surface area contributed by atoms with Crippen molar-refractivity contribution in [2.24, 2.45) is 0 Å². The van der Waals surface area contributed by atoms with E-state index in [1.807, 2.05) is 0 Å². The highest BCUT2D eigenvalue weighted by atomic mass is 16.5. The Morgan fingerprint density at radius 2 is 0.603 bits per heavy atom. The summed E-state index contributed by atoms with van der Waals surface area (Å²) in [6, 6.07) is -0.537. The van der Waals surface area contributed by atoms with Gasteiger partial charge in [0, 0.05) is 12.8 Å². The van der Waals surface area contributed by atoms with Gasteiger partial charge in [0.1, 0.15) is 0 Å². The molecule has 0 bridgehead atoms. The molecule has 0 aromatic carbocycles. The first kappa shape index (κ1) is 66.9. The summed E-state index contributed by atoms with van der Waals surface area (Å²) in [5.74, 6) is -0.0110. The molecule has 0 aliphatic heterocycles. The van der Waals surface area contributed by atoms with Gasteiger partial charge in [-0.3, -0.25) is 9.59 Å². The number of nitrogens with one attached hydrogen (secondary N) is 1. The number of hydrogen-bond donors (Lipinski definition) is 3. The third-order valence-electron chi connectivity index (χ3n) is 14.9. The summed E-state index contributed by atoms with van der Waals surface area (Å²) in [6.45, 7) is 4.98. The molecule has 68 heavy (non-hydrogen) atoms. The lowest BCUT2D eigenvalue weighted by Gasteiger charge is -2.22. The minimum atomic E-state index is -0.660. The molecular weight excluding hydrogens is 839 g/mol. The van der Waals surface area contributed by atoms with Crippen LogP contribution in [0.15, 0.2) is 0 Å². The smallest absolute Gasteiger partial charge is 0.305 e. The van der Waals surface area contributed by atoms with Crippen LogP contribution in [0.3, 0.4) is 0 Å². The van der Waals surface area contributed by atoms with Crippen molar-refractivity contribution in [2.45, 2.75) is 373 Å². The molecule has 0 aliphatic rings. The number of ether oxygens (including phenoxy) is 1. The van der Waals surface area contributed by atoms with Gasteiger partial charge in [-0.15, -0.1) is 0 Å². The van der Waals surface area contributed by atoms with E-state index in [1.54, 1.807) is 0 Å². The Balaban J connectivity index is 3.32. The van der Waals surface area contributed by atoms with Crippen LogP contribution in [0.5, 0.6) is 0 Å². The van der Waals surface area contributed by atoms with Crippen molar-refractivity contribution in [3.63, 3.8) is 0 Å². The molecule has 0 aliphatic carbocycles. The number of carbonyl (C=O) groups is 2. The van der Waals surface area contributed by atoms with Crippen molar-refractivity contribution >= 4 is 11.9 Å². The highest BCUT2D eigenvalue weighted by Gasteiger charge is 2.20. The zero-order valence-electron chi connectivity index (χ0n) is 46.4. The maximum absolute atomic E-state index is 12.5. The number of aliphatic hydroxyl groups is 2. The molecule has 0 aromatic rings. The van der Waals surface area contributed by atoms with E-state index in [0.29, 0.717) is 25.9 Å². The van der Waals surface area contributed by atoms with Crippen LogP contribution in [0.2, 0.25) is 0 Å². The predicted molar refractivity (Wildman–Crippen MR) is 297 cm³/mol. The van der Waals surface area contributed by atoms with Gasteiger partial charge in [0.2, 0.25) is 5.91 Å². The Bertz CT molecular complexity index is 975. The lowest BCUT2D eigenvalue weighted by molar-refractivity contribution is -0.143. The van der Waals surface area contributed by atoms with E-state index in [4.69, 9.17) is 4.74 Å². The van der Waals surface area contributed by atoms with E-state index in [2.05, 4.69) is 19.2 Å². The summed E-state index contributed by atoms with van der Waals surface area (Å²) in [7, 11) is 0. The van der Waals surface area contributed by atoms with Crippen molar-refractivity contribution < 1.29 is 24.5 Å². The topological polar surface area (TPSA) is 95.9 Å². The molecule has 406 valence electrons. The highest BCUT2D eigenvalue weighted by molar-refractivity contribution is 5.76. The maximum Gasteiger partial charge on any atom is 0.305 e. The monoisotopic (exact) mass is 962 g/mol. The number of unbranched alkanes of at least 4 members (excludes halogenated alkanes) is 48. The molecule has 6 heteroatoms. The van der Waals surface area contributed by atoms with E-state index < -0.39 is 12.1 Å². The Hall–Kier alpha value is -1.14. The first-order valence-electron chi connectivity index (χ1n) is 31.3. The van der Waals surface area contributed by atoms with Gasteiger partial charge in [0.25, 0.3) is 0 Å². The third-order valence-corrected chi connectivity index (χ3v) is 14.9. The summed E-state index contributed by atoms with van der Waals surface area (Å²) >= 11 is 0. The standard InChI is InChI=1S/C62H123NO5/c1-3-5-7-9-11-13-15-34-38-42-46-50-54-60(65)59(58-64)63-61(66)55-51-47-43-39-35-32-30-28-26-24-22-20-18-17-19-21-23-25-27-29-31-33-37-41-45-49-53-57-68-62(67)56-52-48-44-40-36-16-14-12-10-8-6-4-2/h59-60,64-65H,3-58H2,1-2H3,(H,63,66). The fourth-order valence-corrected chi connectivity index (χ4v) is 10.1. The normalized spacial score (nSPS) is 12.5. The number of amides is 1. The van der Waals surface area contributed by atoms with Crippen LogP contribution >= 0.6 is 0 Å². The molecule has 0 spiro atoms. The Labute approximate surface area is 426 Å². The van der Waals surface area contributed by atoms with Crippen molar-refractivity contribution in [1.29, 1.82) is 0 Å². The average molecular weight is 963 g/mol. The van der Waals surface area contributed by atoms with Crippen LogP contribution in [-0.4, -0.2) is 47.4 Å². The van der Waals surface area contributed by atoms with Gasteiger partial charge < -0.3 is 20.3 Å². The fraction of sp³-hybridized carbons (Fsp3) is 0.968. The second-order valence-electron chi connectivity index (χ2n) is 21.8. The minimum Gasteiger partial charge on any atom is -0.466 e. The molecule has 0 rings (SSSR count). The number of esters is 1. The highest BCUT2D eigenvalue weighted by Crippen LogP contribution is 2.19. The molecule has 0 saturated carbocycles. The van der Waals surface area contributed by atoms with Gasteiger partial charge in [-0.1, -0.05) is 322 Å². The van der Waals surface area contributed by atoms with Crippen molar-refractivity contribution in [3.8, 4) is 0 Å². The van der Waals surface area contributed by atoms with E-state index in [1.165, 1.54) is 289 Å². The van der Waals surface area contributed by atoms with Crippen LogP contribution in [0.25, 0.3) is 0 Å². The summed E-state index contributed by atoms with van der Waals surface area (Å²) in [4.78, 5) is 24.5. The predicted octanol–water partition coefficient (Wildman–Crippen LogP) is 19.5. The lowest BCUT2D eigenvalue weighted by atomic mass is 10.0. The largest absolute Gasteiger partial charge is 0.466 e. The summed E-state index contributed by atoms with van der Waals surface area (Å²) < 4.78 is 5.48. The van der Waals surface area contributed by atoms with Crippen molar-refractivity contribution in [2.75, 3.05) is 13.2 Å². The second-order valence-corrected chi connectivity index (χ2v) is 21.8. The number of carbonyl (C=O) groups excluding carboxylic acids is 2. The van der Waals surface area contributed by atoms with Crippen LogP contribution in [-0.2, 0) is 14.3 Å².